The summed E-state index contributed by atoms with van der Waals surface area (Å²) in [5.41, 5.74) is 4.83. The molecule has 1 amide bonds. The maximum absolute atomic E-state index is 11.9. The predicted molar refractivity (Wildman–Crippen MR) is 61.0 cm³/mol. The fourth-order valence-corrected chi connectivity index (χ4v) is 1.96. The van der Waals surface area contributed by atoms with Crippen molar-refractivity contribution in [2.75, 3.05) is 6.54 Å². The van der Waals surface area contributed by atoms with Crippen molar-refractivity contribution in [2.45, 2.75) is 18.5 Å². The third-order valence-corrected chi connectivity index (χ3v) is 3.04. The maximum Gasteiger partial charge on any atom is 0.333 e. The minimum Gasteiger partial charge on any atom is -0.479 e. The molecule has 1 atom stereocenters. The molecule has 1 aliphatic rings. The summed E-state index contributed by atoms with van der Waals surface area (Å²) in [5.74, 6) is -1.76. The molecule has 0 aromatic heterocycles. The summed E-state index contributed by atoms with van der Waals surface area (Å²) in [6.45, 7) is 0.794. The van der Waals surface area contributed by atoms with Gasteiger partial charge in [0.2, 0.25) is 0 Å². The van der Waals surface area contributed by atoms with Crippen LogP contribution in [0.5, 0.6) is 0 Å². The van der Waals surface area contributed by atoms with Crippen LogP contribution in [0.3, 0.4) is 0 Å². The van der Waals surface area contributed by atoms with Gasteiger partial charge >= 0.3 is 5.97 Å². The summed E-state index contributed by atoms with van der Waals surface area (Å²) < 4.78 is 0. The van der Waals surface area contributed by atoms with Gasteiger partial charge in [-0.15, -0.1) is 0 Å². The lowest BCUT2D eigenvalue weighted by Gasteiger charge is -2.19. The molecule has 5 heteroatoms. The van der Waals surface area contributed by atoms with Gasteiger partial charge in [0.05, 0.1) is 0 Å². The second kappa shape index (κ2) is 4.18. The number of aliphatic carboxylic acids is 1. The number of likely N-dealkylation sites (tertiary alicyclic amines) is 1. The first kappa shape index (κ1) is 11.6. The van der Waals surface area contributed by atoms with Crippen LogP contribution in [0.4, 0.5) is 0 Å². The number of rotatable bonds is 3. The van der Waals surface area contributed by atoms with E-state index in [1.165, 1.54) is 4.90 Å². The predicted octanol–water partition coefficient (Wildman–Crippen LogP) is 0.201. The Hall–Kier alpha value is -1.88. The molecule has 0 aliphatic carbocycles. The lowest BCUT2D eigenvalue weighted by atomic mass is 10.00. The first-order valence-corrected chi connectivity index (χ1v) is 5.39. The van der Waals surface area contributed by atoms with Gasteiger partial charge in [-0.3, -0.25) is 4.79 Å². The molecule has 1 aromatic rings. The van der Waals surface area contributed by atoms with Crippen molar-refractivity contribution in [2.24, 2.45) is 5.73 Å². The smallest absolute Gasteiger partial charge is 0.333 e. The van der Waals surface area contributed by atoms with Crippen LogP contribution in [0.2, 0.25) is 0 Å². The number of hydrogen-bond acceptors (Lipinski definition) is 3. The lowest BCUT2D eigenvalue weighted by Crippen LogP contribution is -2.54. The summed E-state index contributed by atoms with van der Waals surface area (Å²) in [6.07, 6.45) is 0.161. The highest BCUT2D eigenvalue weighted by atomic mass is 16.4. The van der Waals surface area contributed by atoms with Gasteiger partial charge in [-0.2, -0.15) is 0 Å². The van der Waals surface area contributed by atoms with Crippen LogP contribution in [0.15, 0.2) is 30.3 Å². The van der Waals surface area contributed by atoms with Crippen molar-refractivity contribution in [1.82, 2.24) is 4.90 Å². The minimum absolute atomic E-state index is 0.161. The summed E-state index contributed by atoms with van der Waals surface area (Å²) in [6, 6.07) is 9.43. The Morgan fingerprint density at radius 2 is 2.06 bits per heavy atom. The number of hydrogen-bond donors (Lipinski definition) is 2. The minimum atomic E-state index is -1.74. The van der Waals surface area contributed by atoms with Crippen LogP contribution in [0.25, 0.3) is 0 Å². The second-order valence-corrected chi connectivity index (χ2v) is 4.24. The molecule has 0 saturated carbocycles. The molecule has 1 unspecified atom stereocenters. The number of carbonyl (C=O) groups is 2. The van der Waals surface area contributed by atoms with Crippen molar-refractivity contribution in [3.8, 4) is 0 Å². The average Bonchev–Trinajstić information content (AvgIpc) is 2.60. The standard InChI is InChI=1S/C12H14N2O3/c13-12(11(16)17)6-7-14(10(12)15)8-9-4-2-1-3-5-9/h1-5H,6-8,13H2,(H,16,17). The molecule has 3 N–H and O–H groups in total. The Balaban J connectivity index is 2.11. The molecular weight excluding hydrogens is 220 g/mol. The third kappa shape index (κ3) is 2.01. The number of carboxylic acid groups (broad SMARTS) is 1. The van der Waals surface area contributed by atoms with Crippen LogP contribution in [-0.4, -0.2) is 34.0 Å². The van der Waals surface area contributed by atoms with Gasteiger partial charge in [-0.25, -0.2) is 4.79 Å². The third-order valence-electron chi connectivity index (χ3n) is 3.04. The Kier molecular flexibility index (Phi) is 2.85. The van der Waals surface area contributed by atoms with Crippen LogP contribution >= 0.6 is 0 Å². The number of carboxylic acids is 1. The van der Waals surface area contributed by atoms with Crippen molar-refractivity contribution in [3.05, 3.63) is 35.9 Å². The SMILES string of the molecule is NC1(C(=O)O)CCN(Cc2ccccc2)C1=O. The van der Waals surface area contributed by atoms with Gasteiger partial charge in [0.25, 0.3) is 5.91 Å². The largest absolute Gasteiger partial charge is 0.479 e. The van der Waals surface area contributed by atoms with Gasteiger partial charge in [-0.1, -0.05) is 30.3 Å². The fourth-order valence-electron chi connectivity index (χ4n) is 1.96. The molecule has 0 spiro atoms. The van der Waals surface area contributed by atoms with Crippen LogP contribution in [0.1, 0.15) is 12.0 Å². The number of carbonyl (C=O) groups excluding carboxylic acids is 1. The lowest BCUT2D eigenvalue weighted by molar-refractivity contribution is -0.149. The van der Waals surface area contributed by atoms with Crippen molar-refractivity contribution in [1.29, 1.82) is 0 Å². The molecule has 1 heterocycles. The van der Waals surface area contributed by atoms with E-state index < -0.39 is 17.4 Å². The monoisotopic (exact) mass is 234 g/mol. The number of amides is 1. The highest BCUT2D eigenvalue weighted by Crippen LogP contribution is 2.22. The molecule has 17 heavy (non-hydrogen) atoms. The van der Waals surface area contributed by atoms with E-state index in [1.807, 2.05) is 30.3 Å². The summed E-state index contributed by atoms with van der Waals surface area (Å²) in [5, 5.41) is 8.95. The van der Waals surface area contributed by atoms with Crippen LogP contribution in [-0.2, 0) is 16.1 Å². The molecule has 1 aliphatic heterocycles. The van der Waals surface area contributed by atoms with E-state index >= 15 is 0 Å². The first-order chi connectivity index (χ1) is 8.04. The molecule has 0 radical (unpaired) electrons. The summed E-state index contributed by atoms with van der Waals surface area (Å²) in [4.78, 5) is 24.3. The van der Waals surface area contributed by atoms with E-state index in [4.69, 9.17) is 10.8 Å². The Morgan fingerprint density at radius 1 is 1.41 bits per heavy atom. The van der Waals surface area contributed by atoms with Crippen LogP contribution < -0.4 is 5.73 Å². The number of nitrogens with zero attached hydrogens (tertiary/aromatic N) is 1. The normalized spacial score (nSPS) is 24.1. The fraction of sp³-hybridized carbons (Fsp3) is 0.333. The molecule has 5 nitrogen and oxygen atoms in total. The molecule has 2 rings (SSSR count). The highest BCUT2D eigenvalue weighted by molar-refractivity contribution is 6.07. The Bertz CT molecular complexity index is 446. The van der Waals surface area contributed by atoms with E-state index in [0.29, 0.717) is 13.1 Å². The van der Waals surface area contributed by atoms with Gasteiger partial charge in [0, 0.05) is 19.5 Å². The molecule has 1 aromatic carbocycles. The maximum atomic E-state index is 11.9. The number of nitrogens with two attached hydrogens (primary N) is 1. The molecule has 0 bridgehead atoms. The Morgan fingerprint density at radius 3 is 2.59 bits per heavy atom. The van der Waals surface area contributed by atoms with Gasteiger partial charge in [-0.05, 0) is 5.56 Å². The zero-order valence-electron chi connectivity index (χ0n) is 9.30. The van der Waals surface area contributed by atoms with E-state index in [1.54, 1.807) is 0 Å². The van der Waals surface area contributed by atoms with Crippen molar-refractivity contribution >= 4 is 11.9 Å². The number of benzene rings is 1. The molecule has 1 saturated heterocycles. The summed E-state index contributed by atoms with van der Waals surface area (Å²) >= 11 is 0. The molecule has 90 valence electrons. The molecular formula is C12H14N2O3. The average molecular weight is 234 g/mol. The van der Waals surface area contributed by atoms with Crippen molar-refractivity contribution in [3.63, 3.8) is 0 Å². The zero-order valence-corrected chi connectivity index (χ0v) is 9.30. The first-order valence-electron chi connectivity index (χ1n) is 5.39. The van der Waals surface area contributed by atoms with Gasteiger partial charge < -0.3 is 15.7 Å². The highest BCUT2D eigenvalue weighted by Gasteiger charge is 2.49. The van der Waals surface area contributed by atoms with E-state index in [0.717, 1.165) is 5.56 Å². The quantitative estimate of drug-likeness (QED) is 0.732. The topological polar surface area (TPSA) is 83.6 Å². The van der Waals surface area contributed by atoms with E-state index in [9.17, 15) is 9.59 Å². The second-order valence-electron chi connectivity index (χ2n) is 4.24. The van der Waals surface area contributed by atoms with E-state index in [-0.39, 0.29) is 6.42 Å². The van der Waals surface area contributed by atoms with Crippen LogP contribution in [0, 0.1) is 0 Å². The Labute approximate surface area is 98.8 Å². The van der Waals surface area contributed by atoms with Crippen molar-refractivity contribution < 1.29 is 14.7 Å². The van der Waals surface area contributed by atoms with Gasteiger partial charge in [0.1, 0.15) is 0 Å². The molecule has 1 fully saturated rings. The van der Waals surface area contributed by atoms with E-state index in [2.05, 4.69) is 0 Å². The van der Waals surface area contributed by atoms with Gasteiger partial charge in [0.15, 0.2) is 5.54 Å². The zero-order chi connectivity index (χ0) is 12.5. The summed E-state index contributed by atoms with van der Waals surface area (Å²) in [7, 11) is 0.